The normalized spacial score (nSPS) is 14.9. The number of hydrogen-bond acceptors (Lipinski definition) is 8. The first kappa shape index (κ1) is 19.8. The summed E-state index contributed by atoms with van der Waals surface area (Å²) >= 11 is 0. The molecule has 1 aliphatic rings. The van der Waals surface area contributed by atoms with Gasteiger partial charge in [-0.25, -0.2) is 9.79 Å². The molecule has 0 radical (unpaired) electrons. The van der Waals surface area contributed by atoms with Crippen LogP contribution in [-0.4, -0.2) is 47.3 Å². The van der Waals surface area contributed by atoms with Crippen molar-refractivity contribution in [3.8, 4) is 11.6 Å². The number of H-pyrrole nitrogens is 2. The maximum atomic E-state index is 11.5. The highest BCUT2D eigenvalue weighted by atomic mass is 16.5. The predicted octanol–water partition coefficient (Wildman–Crippen LogP) is 0.468. The highest BCUT2D eigenvalue weighted by Gasteiger charge is 2.21. The summed E-state index contributed by atoms with van der Waals surface area (Å²) in [6, 6.07) is 8.02. The Labute approximate surface area is 181 Å². The van der Waals surface area contributed by atoms with Gasteiger partial charge < -0.3 is 20.1 Å². The number of benzene rings is 1. The van der Waals surface area contributed by atoms with Crippen molar-refractivity contribution in [3.63, 3.8) is 0 Å². The number of rotatable bonds is 7. The second-order valence-electron chi connectivity index (χ2n) is 7.42. The van der Waals surface area contributed by atoms with E-state index in [0.717, 1.165) is 24.2 Å². The van der Waals surface area contributed by atoms with Crippen LogP contribution in [0, 0.1) is 0 Å². The minimum absolute atomic E-state index is 0.237. The largest absolute Gasteiger partial charge is 0.494 e. The van der Waals surface area contributed by atoms with Crippen LogP contribution >= 0.6 is 0 Å². The number of nitrogens with one attached hydrogen (secondary N) is 3. The molecule has 5 rings (SSSR count). The molecule has 0 unspecified atom stereocenters. The molecule has 1 fully saturated rings. The molecule has 3 heterocycles. The topological polar surface area (TPSA) is 146 Å². The molecule has 0 spiro atoms. The van der Waals surface area contributed by atoms with Gasteiger partial charge in [0.05, 0.1) is 18.8 Å². The zero-order valence-corrected chi connectivity index (χ0v) is 17.4. The molecule has 164 valence electrons. The number of aromatic hydroxyl groups is 1. The number of ether oxygens (including phenoxy) is 1. The van der Waals surface area contributed by atoms with Crippen molar-refractivity contribution in [2.24, 2.45) is 4.99 Å². The minimum Gasteiger partial charge on any atom is -0.494 e. The van der Waals surface area contributed by atoms with E-state index in [1.165, 1.54) is 0 Å². The van der Waals surface area contributed by atoms with Gasteiger partial charge in [-0.05, 0) is 31.9 Å². The van der Waals surface area contributed by atoms with E-state index in [0.29, 0.717) is 35.6 Å². The highest BCUT2D eigenvalue weighted by molar-refractivity contribution is 5.57. The van der Waals surface area contributed by atoms with E-state index < -0.39 is 5.69 Å². The van der Waals surface area contributed by atoms with Crippen LogP contribution in [0.15, 0.2) is 40.2 Å². The lowest BCUT2D eigenvalue weighted by Gasteiger charge is -2.11. The fourth-order valence-corrected chi connectivity index (χ4v) is 3.28. The van der Waals surface area contributed by atoms with Crippen molar-refractivity contribution in [1.29, 1.82) is 0 Å². The van der Waals surface area contributed by atoms with Crippen molar-refractivity contribution in [2.45, 2.75) is 32.4 Å². The number of para-hydroxylation sites is 1. The first-order chi connectivity index (χ1) is 15.6. The molecule has 0 atom stereocenters. The standard InChI is InChI=1S/C21H22N8O3/c1-2-32-16-6-4-3-5-12(16)10-22-19-26-17-13(9-15-18(30)27-21(31)25-15)11-23-29(17)20(28-19)24-14-7-8-14/h3-6,9,11,14,30H,2,7-8,10H2,1H3,(H,22,24,28)(H2,25,27,31). The van der Waals surface area contributed by atoms with E-state index >= 15 is 0 Å². The molecule has 11 nitrogen and oxygen atoms in total. The van der Waals surface area contributed by atoms with E-state index in [2.05, 4.69) is 35.3 Å². The zero-order chi connectivity index (χ0) is 22.1. The fourth-order valence-electron chi connectivity index (χ4n) is 3.28. The molecule has 0 aliphatic heterocycles. The molecular weight excluding hydrogens is 412 g/mol. The summed E-state index contributed by atoms with van der Waals surface area (Å²) in [5, 5.41) is 18.1. The third-order valence-corrected chi connectivity index (χ3v) is 4.97. The molecule has 0 bridgehead atoms. The Kier molecular flexibility index (Phi) is 5.06. The Morgan fingerprint density at radius 1 is 1.31 bits per heavy atom. The van der Waals surface area contributed by atoms with E-state index in [4.69, 9.17) is 4.74 Å². The van der Waals surface area contributed by atoms with Crippen molar-refractivity contribution < 1.29 is 9.84 Å². The van der Waals surface area contributed by atoms with E-state index in [-0.39, 0.29) is 17.6 Å². The molecule has 4 aromatic rings. The summed E-state index contributed by atoms with van der Waals surface area (Å²) in [7, 11) is 0. The Morgan fingerprint density at radius 2 is 2.16 bits per heavy atom. The summed E-state index contributed by atoms with van der Waals surface area (Å²) in [6.07, 6.45) is 5.23. The van der Waals surface area contributed by atoms with Gasteiger partial charge in [0.15, 0.2) is 5.65 Å². The summed E-state index contributed by atoms with van der Waals surface area (Å²) in [4.78, 5) is 30.1. The quantitative estimate of drug-likeness (QED) is 0.331. The van der Waals surface area contributed by atoms with Crippen molar-refractivity contribution in [2.75, 3.05) is 11.9 Å². The number of aromatic nitrogens is 6. The van der Waals surface area contributed by atoms with Crippen LogP contribution in [0.4, 0.5) is 5.95 Å². The second-order valence-corrected chi connectivity index (χ2v) is 7.42. The van der Waals surface area contributed by atoms with Gasteiger partial charge in [0, 0.05) is 17.3 Å². The van der Waals surface area contributed by atoms with Crippen molar-refractivity contribution in [1.82, 2.24) is 29.5 Å². The number of imidazole rings is 1. The molecule has 11 heteroatoms. The summed E-state index contributed by atoms with van der Waals surface area (Å²) in [5.41, 5.74) is 1.67. The summed E-state index contributed by atoms with van der Waals surface area (Å²) < 4.78 is 7.25. The van der Waals surface area contributed by atoms with Gasteiger partial charge in [-0.2, -0.15) is 19.6 Å². The van der Waals surface area contributed by atoms with E-state index in [9.17, 15) is 9.90 Å². The van der Waals surface area contributed by atoms with Crippen molar-refractivity contribution >= 4 is 17.7 Å². The Balaban J connectivity index is 1.56. The van der Waals surface area contributed by atoms with Crippen LogP contribution in [0.2, 0.25) is 0 Å². The van der Waals surface area contributed by atoms with Crippen LogP contribution in [0.1, 0.15) is 31.0 Å². The molecule has 0 saturated heterocycles. The number of aromatic amines is 2. The van der Waals surface area contributed by atoms with Gasteiger partial charge >= 0.3 is 5.69 Å². The van der Waals surface area contributed by atoms with Crippen molar-refractivity contribution in [3.05, 3.63) is 63.0 Å². The van der Waals surface area contributed by atoms with Gasteiger partial charge in [0.2, 0.25) is 11.8 Å². The van der Waals surface area contributed by atoms with E-state index in [1.54, 1.807) is 16.8 Å². The molecular formula is C21H22N8O3. The maximum absolute atomic E-state index is 11.5. The average molecular weight is 434 g/mol. The molecule has 1 aliphatic carbocycles. The lowest BCUT2D eigenvalue weighted by molar-refractivity contribution is 0.337. The zero-order valence-electron chi connectivity index (χ0n) is 17.4. The predicted molar refractivity (Wildman–Crippen MR) is 116 cm³/mol. The number of fused-ring (bicyclic) bond motifs is 1. The lowest BCUT2D eigenvalue weighted by Crippen LogP contribution is -2.24. The number of hydrogen-bond donors (Lipinski definition) is 4. The van der Waals surface area contributed by atoms with Gasteiger partial charge in [0.25, 0.3) is 5.62 Å². The third-order valence-electron chi connectivity index (χ3n) is 4.97. The molecule has 4 N–H and O–H groups in total. The Morgan fingerprint density at radius 3 is 2.91 bits per heavy atom. The molecule has 1 saturated carbocycles. The maximum Gasteiger partial charge on any atom is 0.326 e. The van der Waals surface area contributed by atoms with Gasteiger partial charge in [-0.3, -0.25) is 4.98 Å². The minimum atomic E-state index is -0.500. The van der Waals surface area contributed by atoms with Crippen LogP contribution in [0.3, 0.4) is 0 Å². The Hall–Kier alpha value is -4.15. The van der Waals surface area contributed by atoms with Crippen LogP contribution < -0.4 is 26.6 Å². The highest BCUT2D eigenvalue weighted by Crippen LogP contribution is 2.22. The van der Waals surface area contributed by atoms with Gasteiger partial charge in [-0.15, -0.1) is 0 Å². The summed E-state index contributed by atoms with van der Waals surface area (Å²) in [6.45, 7) is 2.99. The first-order valence-electron chi connectivity index (χ1n) is 10.4. The van der Waals surface area contributed by atoms with Gasteiger partial charge in [0.1, 0.15) is 11.4 Å². The second kappa shape index (κ2) is 8.17. The molecule has 1 aromatic carbocycles. The molecule has 0 amide bonds. The lowest BCUT2D eigenvalue weighted by atomic mass is 10.2. The van der Waals surface area contributed by atoms with Gasteiger partial charge in [-0.1, -0.05) is 18.2 Å². The van der Waals surface area contributed by atoms with Crippen LogP contribution in [0.5, 0.6) is 11.6 Å². The summed E-state index contributed by atoms with van der Waals surface area (Å²) in [5.74, 6) is 0.944. The SMILES string of the molecule is CCOc1ccccc1CNc1nc(=NC2CC2)n2ncc(=Cc3[nH]c(=O)[nH]c3O)c2n1. The smallest absolute Gasteiger partial charge is 0.326 e. The fraction of sp³-hybridized carbons (Fsp3) is 0.286. The number of anilines is 1. The van der Waals surface area contributed by atoms with Crippen LogP contribution in [0.25, 0.3) is 11.7 Å². The van der Waals surface area contributed by atoms with E-state index in [1.807, 2.05) is 31.2 Å². The van der Waals surface area contributed by atoms with Crippen LogP contribution in [-0.2, 0) is 6.54 Å². The average Bonchev–Trinajstić information content (AvgIpc) is 3.42. The number of nitrogens with zero attached hydrogens (tertiary/aromatic N) is 5. The molecule has 32 heavy (non-hydrogen) atoms. The molecule has 3 aromatic heterocycles. The monoisotopic (exact) mass is 434 g/mol. The Bertz CT molecular complexity index is 1450. The third kappa shape index (κ3) is 4.04. The first-order valence-corrected chi connectivity index (χ1v) is 10.4.